The van der Waals surface area contributed by atoms with E-state index in [4.69, 9.17) is 14.2 Å². The lowest BCUT2D eigenvalue weighted by atomic mass is 10.1. The number of fused-ring (bicyclic) bond motifs is 1. The Bertz CT molecular complexity index is 1780. The van der Waals surface area contributed by atoms with E-state index in [-0.39, 0.29) is 55.7 Å². The summed E-state index contributed by atoms with van der Waals surface area (Å²) >= 11 is 0. The van der Waals surface area contributed by atoms with Crippen LogP contribution < -0.4 is 15.5 Å². The van der Waals surface area contributed by atoms with Crippen molar-refractivity contribution < 1.29 is 41.0 Å². The zero-order valence-corrected chi connectivity index (χ0v) is 29.4. The Morgan fingerprint density at radius 1 is 1.02 bits per heavy atom. The van der Waals surface area contributed by atoms with Gasteiger partial charge in [0.2, 0.25) is 10.0 Å². The number of halogens is 2. The van der Waals surface area contributed by atoms with Gasteiger partial charge in [0.05, 0.1) is 29.4 Å². The molecule has 1 fully saturated rings. The molecule has 1 saturated heterocycles. The molecule has 2 aliphatic rings. The number of carbonyl (C=O) groups is 2. The molecular weight excluding hydrogens is 676 g/mol. The molecule has 50 heavy (non-hydrogen) atoms. The van der Waals surface area contributed by atoms with E-state index in [0.717, 1.165) is 53.0 Å². The van der Waals surface area contributed by atoms with Gasteiger partial charge in [-0.1, -0.05) is 0 Å². The minimum Gasteiger partial charge on any atom is -0.445 e. The van der Waals surface area contributed by atoms with Gasteiger partial charge in [-0.2, -0.15) is 8.99 Å². The van der Waals surface area contributed by atoms with Crippen molar-refractivity contribution in [1.82, 2.24) is 19.0 Å². The smallest absolute Gasteiger partial charge is 0.435 e. The molecule has 0 bridgehead atoms. The van der Waals surface area contributed by atoms with Crippen molar-refractivity contribution in [3.05, 3.63) is 64.9 Å². The van der Waals surface area contributed by atoms with Gasteiger partial charge < -0.3 is 34.6 Å². The van der Waals surface area contributed by atoms with Gasteiger partial charge in [-0.05, 0) is 51.2 Å². The Labute approximate surface area is 290 Å². The SMILES string of the molecule is CCOCCOC(=O)n1nc(NC(=O)c2ccc(N3CCN(C)CC3)cc2N[C@@H](C)COC)c2c1CCN(S(=O)(=O)c1cc(F)cc(F)c1)C2. The standard InChI is InChI=1S/C33H43F2N7O7S/c1-5-48-14-15-49-33(44)42-30-8-9-41(50(45,46)26-17-23(34)16-24(35)18-26)20-28(30)31(38-42)37-32(43)27-7-6-25(40-12-10-39(3)11-13-40)19-29(27)36-22(2)21-47-4/h6-7,16-19,22,36H,5,8-15,20-21H2,1-4H3,(H,37,38,43)/t22-/m0/s1. The van der Waals surface area contributed by atoms with E-state index in [1.165, 1.54) is 0 Å². The summed E-state index contributed by atoms with van der Waals surface area (Å²) in [7, 11) is -0.726. The molecule has 1 atom stereocenters. The fourth-order valence-corrected chi connectivity index (χ4v) is 7.37. The highest BCUT2D eigenvalue weighted by Crippen LogP contribution is 2.32. The van der Waals surface area contributed by atoms with E-state index in [9.17, 15) is 26.8 Å². The van der Waals surface area contributed by atoms with Crippen molar-refractivity contribution in [1.29, 1.82) is 0 Å². The third kappa shape index (κ3) is 8.58. The number of amides is 1. The molecule has 5 rings (SSSR count). The van der Waals surface area contributed by atoms with Gasteiger partial charge in [-0.3, -0.25) is 4.79 Å². The minimum absolute atomic E-state index is 0.00313. The van der Waals surface area contributed by atoms with E-state index in [0.29, 0.717) is 30.7 Å². The predicted molar refractivity (Wildman–Crippen MR) is 182 cm³/mol. The Balaban J connectivity index is 1.48. The summed E-state index contributed by atoms with van der Waals surface area (Å²) in [6, 6.07) is 7.37. The van der Waals surface area contributed by atoms with Crippen LogP contribution in [0.4, 0.5) is 30.8 Å². The van der Waals surface area contributed by atoms with E-state index in [1.54, 1.807) is 20.1 Å². The largest absolute Gasteiger partial charge is 0.445 e. The quantitative estimate of drug-likeness (QED) is 0.251. The first kappa shape index (κ1) is 37.1. The van der Waals surface area contributed by atoms with Crippen LogP contribution in [0.1, 0.15) is 35.5 Å². The summed E-state index contributed by atoms with van der Waals surface area (Å²) in [4.78, 5) is 31.0. The van der Waals surface area contributed by atoms with Crippen molar-refractivity contribution in [3.63, 3.8) is 0 Å². The molecule has 3 heterocycles. The topological polar surface area (TPSA) is 148 Å². The minimum atomic E-state index is -4.38. The monoisotopic (exact) mass is 719 g/mol. The van der Waals surface area contributed by atoms with Crippen LogP contribution in [0, 0.1) is 11.6 Å². The van der Waals surface area contributed by atoms with E-state index >= 15 is 0 Å². The molecule has 0 aliphatic carbocycles. The number of benzene rings is 2. The molecule has 0 saturated carbocycles. The summed E-state index contributed by atoms with van der Waals surface area (Å²) in [5.41, 5.74) is 2.33. The van der Waals surface area contributed by atoms with Gasteiger partial charge >= 0.3 is 6.09 Å². The molecule has 0 unspecified atom stereocenters. The summed E-state index contributed by atoms with van der Waals surface area (Å²) in [5.74, 6) is -2.71. The number of methoxy groups -OCH3 is 1. The zero-order valence-electron chi connectivity index (χ0n) is 28.6. The maximum atomic E-state index is 14.0. The van der Waals surface area contributed by atoms with Crippen molar-refractivity contribution >= 4 is 39.2 Å². The Kier molecular flexibility index (Phi) is 12.1. The van der Waals surface area contributed by atoms with Crippen LogP contribution in [-0.2, 0) is 37.2 Å². The summed E-state index contributed by atoms with van der Waals surface area (Å²) in [5, 5.41) is 10.5. The Morgan fingerprint density at radius 3 is 2.42 bits per heavy atom. The average molecular weight is 720 g/mol. The molecule has 0 radical (unpaired) electrons. The van der Waals surface area contributed by atoms with E-state index < -0.39 is 38.6 Å². The van der Waals surface area contributed by atoms with Crippen molar-refractivity contribution in [2.75, 3.05) is 88.8 Å². The molecule has 3 aromatic rings. The highest BCUT2D eigenvalue weighted by atomic mass is 32.2. The van der Waals surface area contributed by atoms with Crippen LogP contribution in [0.5, 0.6) is 0 Å². The Morgan fingerprint density at radius 2 is 1.74 bits per heavy atom. The van der Waals surface area contributed by atoms with Crippen LogP contribution >= 0.6 is 0 Å². The third-order valence-electron chi connectivity index (χ3n) is 8.49. The van der Waals surface area contributed by atoms with Crippen LogP contribution in [0.2, 0.25) is 0 Å². The number of hydrogen-bond acceptors (Lipinski definition) is 11. The number of ether oxygens (including phenoxy) is 3. The number of piperazine rings is 1. The first-order valence-corrected chi connectivity index (χ1v) is 17.8. The number of nitrogens with one attached hydrogen (secondary N) is 2. The van der Waals surface area contributed by atoms with Gasteiger partial charge in [0, 0.05) is 88.5 Å². The summed E-state index contributed by atoms with van der Waals surface area (Å²) in [6.07, 6.45) is -0.839. The van der Waals surface area contributed by atoms with Crippen LogP contribution in [0.25, 0.3) is 0 Å². The first-order valence-electron chi connectivity index (χ1n) is 16.4. The van der Waals surface area contributed by atoms with Gasteiger partial charge in [-0.15, -0.1) is 5.10 Å². The maximum absolute atomic E-state index is 14.0. The number of nitrogens with zero attached hydrogens (tertiary/aromatic N) is 5. The van der Waals surface area contributed by atoms with Crippen molar-refractivity contribution in [2.45, 2.75) is 37.8 Å². The zero-order chi connectivity index (χ0) is 36.0. The molecule has 272 valence electrons. The first-order chi connectivity index (χ1) is 23.9. The number of carbonyl (C=O) groups excluding carboxylic acids is 2. The van der Waals surface area contributed by atoms with Gasteiger partial charge in [0.1, 0.15) is 18.2 Å². The highest BCUT2D eigenvalue weighted by Gasteiger charge is 2.35. The lowest BCUT2D eigenvalue weighted by Crippen LogP contribution is -2.44. The fourth-order valence-electron chi connectivity index (χ4n) is 5.91. The second-order valence-corrected chi connectivity index (χ2v) is 14.1. The summed E-state index contributed by atoms with van der Waals surface area (Å²) in [6.45, 7) is 7.61. The average Bonchev–Trinajstić information content (AvgIpc) is 3.44. The van der Waals surface area contributed by atoms with E-state index in [1.807, 2.05) is 19.1 Å². The second-order valence-electron chi connectivity index (χ2n) is 12.2. The predicted octanol–water partition coefficient (Wildman–Crippen LogP) is 3.38. The van der Waals surface area contributed by atoms with E-state index in [2.05, 4.69) is 32.6 Å². The number of sulfonamides is 1. The lowest BCUT2D eigenvalue weighted by Gasteiger charge is -2.34. The van der Waals surface area contributed by atoms with Crippen LogP contribution in [0.3, 0.4) is 0 Å². The number of aromatic nitrogens is 2. The third-order valence-corrected chi connectivity index (χ3v) is 10.3. The molecule has 17 heteroatoms. The second kappa shape index (κ2) is 16.2. The highest BCUT2D eigenvalue weighted by molar-refractivity contribution is 7.89. The number of anilines is 3. The number of likely N-dealkylation sites (N-methyl/N-ethyl adjacent to an activating group) is 1. The molecule has 2 N–H and O–H groups in total. The Hall–Kier alpha value is -4.16. The molecule has 0 spiro atoms. The van der Waals surface area contributed by atoms with Crippen LogP contribution in [-0.4, -0.2) is 119 Å². The molecular formula is C33H43F2N7O7S. The fraction of sp³-hybridized carbons (Fsp3) is 0.485. The molecule has 2 aliphatic heterocycles. The number of rotatable bonds is 13. The van der Waals surface area contributed by atoms with Gasteiger partial charge in [0.15, 0.2) is 5.82 Å². The summed E-state index contributed by atoms with van der Waals surface area (Å²) < 4.78 is 73.0. The van der Waals surface area contributed by atoms with Crippen molar-refractivity contribution in [3.8, 4) is 0 Å². The van der Waals surface area contributed by atoms with Gasteiger partial charge in [0.25, 0.3) is 5.91 Å². The maximum Gasteiger partial charge on any atom is 0.435 e. The lowest BCUT2D eigenvalue weighted by molar-refractivity contribution is 0.0777. The molecule has 1 amide bonds. The molecule has 1 aromatic heterocycles. The normalized spacial score (nSPS) is 16.2. The van der Waals surface area contributed by atoms with Crippen molar-refractivity contribution in [2.24, 2.45) is 0 Å². The molecule has 2 aromatic carbocycles. The molecule has 14 nitrogen and oxygen atoms in total. The van der Waals surface area contributed by atoms with Crippen LogP contribution in [0.15, 0.2) is 41.3 Å². The van der Waals surface area contributed by atoms with Gasteiger partial charge in [-0.25, -0.2) is 22.0 Å². The number of hydrogen-bond donors (Lipinski definition) is 2.